The molecule has 0 aliphatic heterocycles. The number of hydrogen-bond donors (Lipinski definition) is 1. The van der Waals surface area contributed by atoms with Crippen molar-refractivity contribution in [1.82, 2.24) is 10.2 Å². The minimum Gasteiger partial charge on any atom is -0.425 e. The molecule has 1 aromatic carbocycles. The summed E-state index contributed by atoms with van der Waals surface area (Å²) in [5.41, 5.74) is 0.742. The summed E-state index contributed by atoms with van der Waals surface area (Å²) < 4.78 is 4.88. The van der Waals surface area contributed by atoms with Crippen LogP contribution in [0.25, 0.3) is 0 Å². The fourth-order valence-electron chi connectivity index (χ4n) is 1.67. The number of rotatable bonds is 6. The molecule has 0 bridgehead atoms. The zero-order chi connectivity index (χ0) is 16.4. The molecular formula is C17H26N2O2S. The fraction of sp³-hybridized carbons (Fsp3) is 0.529. The van der Waals surface area contributed by atoms with Gasteiger partial charge in [-0.2, -0.15) is 11.8 Å². The third kappa shape index (κ3) is 6.62. The van der Waals surface area contributed by atoms with Crippen LogP contribution in [0.1, 0.15) is 58.1 Å². The van der Waals surface area contributed by atoms with Crippen molar-refractivity contribution in [3.05, 3.63) is 48.2 Å². The summed E-state index contributed by atoms with van der Waals surface area (Å²) in [5, 5.41) is 18.5. The van der Waals surface area contributed by atoms with Crippen molar-refractivity contribution in [1.29, 1.82) is 0 Å². The van der Waals surface area contributed by atoms with E-state index in [1.807, 2.05) is 18.2 Å². The molecule has 2 aromatic rings. The van der Waals surface area contributed by atoms with E-state index in [1.165, 1.54) is 19.2 Å². The predicted molar refractivity (Wildman–Crippen MR) is 91.9 cm³/mol. The van der Waals surface area contributed by atoms with Crippen LogP contribution in [0, 0.1) is 0 Å². The Morgan fingerprint density at radius 3 is 2.14 bits per heavy atom. The molecule has 1 aromatic heterocycles. The maximum absolute atomic E-state index is 9.68. The molecule has 0 aliphatic carbocycles. The van der Waals surface area contributed by atoms with Crippen LogP contribution in [0.3, 0.4) is 0 Å². The summed E-state index contributed by atoms with van der Waals surface area (Å²) in [6.45, 7) is 9.10. The van der Waals surface area contributed by atoms with E-state index in [4.69, 9.17) is 4.42 Å². The zero-order valence-corrected chi connectivity index (χ0v) is 14.6. The number of benzene rings is 1. The first kappa shape index (κ1) is 18.7. The molecular weight excluding hydrogens is 296 g/mol. The minimum absolute atomic E-state index is 0.214. The van der Waals surface area contributed by atoms with Gasteiger partial charge >= 0.3 is 0 Å². The normalized spacial score (nSPS) is 14.6. The van der Waals surface area contributed by atoms with Crippen molar-refractivity contribution in [3.8, 4) is 0 Å². The second-order valence-electron chi connectivity index (χ2n) is 5.16. The minimum atomic E-state index is -0.830. The molecule has 0 spiro atoms. The molecule has 0 radical (unpaired) electrons. The highest BCUT2D eigenvalue weighted by molar-refractivity contribution is 8.00. The van der Waals surface area contributed by atoms with Crippen LogP contribution >= 0.6 is 11.8 Å². The zero-order valence-electron chi connectivity index (χ0n) is 13.8. The molecule has 22 heavy (non-hydrogen) atoms. The quantitative estimate of drug-likeness (QED) is 0.850. The van der Waals surface area contributed by atoms with Gasteiger partial charge in [0.25, 0.3) is 0 Å². The third-order valence-corrected chi connectivity index (χ3v) is 4.94. The van der Waals surface area contributed by atoms with Crippen LogP contribution in [0.5, 0.6) is 0 Å². The van der Waals surface area contributed by atoms with Gasteiger partial charge in [-0.3, -0.25) is 0 Å². The molecule has 122 valence electrons. The summed E-state index contributed by atoms with van der Waals surface area (Å²) in [5.74, 6) is 0.214. The van der Waals surface area contributed by atoms with Crippen molar-refractivity contribution in [2.45, 2.75) is 57.1 Å². The molecule has 0 fully saturated rings. The standard InChI is InChI=1S/C9H8N2O2.C8H18S/c12-8(9-11-10-6-13-9)7-4-2-1-3-5-7;1-5-7(3)9-8(4)6-2/h1-6,8,12H;7-8H,5-6H2,1-4H3. The van der Waals surface area contributed by atoms with Gasteiger partial charge in [-0.25, -0.2) is 0 Å². The fourth-order valence-corrected chi connectivity index (χ4v) is 2.85. The van der Waals surface area contributed by atoms with Gasteiger partial charge in [0.2, 0.25) is 12.3 Å². The van der Waals surface area contributed by atoms with Crippen LogP contribution in [-0.2, 0) is 0 Å². The lowest BCUT2D eigenvalue weighted by Gasteiger charge is -2.12. The third-order valence-electron chi connectivity index (χ3n) is 3.34. The highest BCUT2D eigenvalue weighted by Gasteiger charge is 2.14. The summed E-state index contributed by atoms with van der Waals surface area (Å²) >= 11 is 2.10. The Balaban J connectivity index is 0.000000239. The molecule has 3 unspecified atom stereocenters. The Bertz CT molecular complexity index is 483. The van der Waals surface area contributed by atoms with E-state index in [2.05, 4.69) is 49.7 Å². The Morgan fingerprint density at radius 2 is 1.68 bits per heavy atom. The van der Waals surface area contributed by atoms with E-state index in [-0.39, 0.29) is 5.89 Å². The molecule has 2 rings (SSSR count). The predicted octanol–water partition coefficient (Wildman–Crippen LogP) is 4.47. The summed E-state index contributed by atoms with van der Waals surface area (Å²) in [6, 6.07) is 9.16. The lowest BCUT2D eigenvalue weighted by Crippen LogP contribution is -2.01. The van der Waals surface area contributed by atoms with E-state index in [0.29, 0.717) is 0 Å². The average molecular weight is 322 g/mol. The monoisotopic (exact) mass is 322 g/mol. The van der Waals surface area contributed by atoms with Crippen molar-refractivity contribution >= 4 is 11.8 Å². The first-order valence-corrected chi connectivity index (χ1v) is 8.67. The Morgan fingerprint density at radius 1 is 1.09 bits per heavy atom. The number of aromatic nitrogens is 2. The molecule has 5 heteroatoms. The molecule has 3 atom stereocenters. The first-order valence-electron chi connectivity index (χ1n) is 7.72. The van der Waals surface area contributed by atoms with Crippen LogP contribution in [0.4, 0.5) is 0 Å². The van der Waals surface area contributed by atoms with E-state index < -0.39 is 6.10 Å². The van der Waals surface area contributed by atoms with E-state index in [0.717, 1.165) is 16.1 Å². The van der Waals surface area contributed by atoms with Gasteiger partial charge in [0.15, 0.2) is 6.10 Å². The molecule has 1 N–H and O–H groups in total. The van der Waals surface area contributed by atoms with Gasteiger partial charge < -0.3 is 9.52 Å². The SMILES string of the molecule is CCC(C)SC(C)CC.OC(c1ccccc1)c1nnco1. The van der Waals surface area contributed by atoms with Crippen LogP contribution in [0.2, 0.25) is 0 Å². The largest absolute Gasteiger partial charge is 0.425 e. The van der Waals surface area contributed by atoms with E-state index in [9.17, 15) is 5.11 Å². The summed E-state index contributed by atoms with van der Waals surface area (Å²) in [4.78, 5) is 0. The van der Waals surface area contributed by atoms with Gasteiger partial charge in [-0.1, -0.05) is 58.0 Å². The van der Waals surface area contributed by atoms with E-state index >= 15 is 0 Å². The van der Waals surface area contributed by atoms with Crippen LogP contribution in [-0.4, -0.2) is 25.8 Å². The lowest BCUT2D eigenvalue weighted by atomic mass is 10.1. The van der Waals surface area contributed by atoms with Gasteiger partial charge in [0, 0.05) is 10.5 Å². The Labute approximate surface area is 137 Å². The summed E-state index contributed by atoms with van der Waals surface area (Å²) in [7, 11) is 0. The van der Waals surface area contributed by atoms with Gasteiger partial charge in [-0.15, -0.1) is 10.2 Å². The maximum Gasteiger partial charge on any atom is 0.249 e. The molecule has 1 heterocycles. The summed E-state index contributed by atoms with van der Waals surface area (Å²) in [6.07, 6.45) is 2.97. The molecule has 0 amide bonds. The maximum atomic E-state index is 9.68. The number of nitrogens with zero attached hydrogens (tertiary/aromatic N) is 2. The van der Waals surface area contributed by atoms with Crippen molar-refractivity contribution in [3.63, 3.8) is 0 Å². The smallest absolute Gasteiger partial charge is 0.249 e. The molecule has 0 aliphatic rings. The molecule has 0 saturated carbocycles. The van der Waals surface area contributed by atoms with E-state index in [1.54, 1.807) is 12.1 Å². The molecule has 0 saturated heterocycles. The second kappa shape index (κ2) is 10.4. The van der Waals surface area contributed by atoms with Crippen molar-refractivity contribution in [2.24, 2.45) is 0 Å². The molecule has 4 nitrogen and oxygen atoms in total. The number of aliphatic hydroxyl groups excluding tert-OH is 1. The van der Waals surface area contributed by atoms with Crippen LogP contribution in [0.15, 0.2) is 41.1 Å². The highest BCUT2D eigenvalue weighted by Crippen LogP contribution is 2.21. The van der Waals surface area contributed by atoms with Gasteiger partial charge in [0.1, 0.15) is 0 Å². The topological polar surface area (TPSA) is 59.2 Å². The highest BCUT2D eigenvalue weighted by atomic mass is 32.2. The number of hydrogen-bond acceptors (Lipinski definition) is 5. The first-order chi connectivity index (χ1) is 10.6. The lowest BCUT2D eigenvalue weighted by molar-refractivity contribution is 0.182. The number of aliphatic hydroxyl groups is 1. The van der Waals surface area contributed by atoms with Gasteiger partial charge in [0.05, 0.1) is 0 Å². The van der Waals surface area contributed by atoms with Gasteiger partial charge in [-0.05, 0) is 18.4 Å². The average Bonchev–Trinajstić information content (AvgIpc) is 3.09. The van der Waals surface area contributed by atoms with Crippen LogP contribution < -0.4 is 0 Å². The van der Waals surface area contributed by atoms with Crippen molar-refractivity contribution < 1.29 is 9.52 Å². The Kier molecular flexibility index (Phi) is 8.85. The number of thioether (sulfide) groups is 1. The second-order valence-corrected chi connectivity index (χ2v) is 7.05. The van der Waals surface area contributed by atoms with Crippen molar-refractivity contribution in [2.75, 3.05) is 0 Å². The Hall–Kier alpha value is -1.33.